The maximum atomic E-state index is 11.8. The van der Waals surface area contributed by atoms with Crippen molar-refractivity contribution < 1.29 is 9.53 Å². The molecule has 0 fully saturated rings. The summed E-state index contributed by atoms with van der Waals surface area (Å²) in [5.41, 5.74) is 2.85. The van der Waals surface area contributed by atoms with Crippen molar-refractivity contribution >= 4 is 17.6 Å². The molecule has 1 N–H and O–H groups in total. The molecule has 0 aromatic heterocycles. The van der Waals surface area contributed by atoms with Crippen molar-refractivity contribution in [3.63, 3.8) is 0 Å². The molecule has 2 rings (SSSR count). The maximum Gasteiger partial charge on any atom is 0.412 e. The number of carbonyl (C=O) groups excluding carboxylic acids is 1. The molecule has 0 saturated carbocycles. The second-order valence-electron chi connectivity index (χ2n) is 5.42. The van der Waals surface area contributed by atoms with Gasteiger partial charge in [0.1, 0.15) is 5.84 Å². The molecule has 4 nitrogen and oxygen atoms in total. The van der Waals surface area contributed by atoms with Gasteiger partial charge in [0, 0.05) is 5.56 Å². The molecule has 0 atom stereocenters. The van der Waals surface area contributed by atoms with E-state index in [1.807, 2.05) is 54.6 Å². The number of carbonyl (C=O) groups is 1. The van der Waals surface area contributed by atoms with Crippen LogP contribution in [-0.4, -0.2) is 18.5 Å². The molecule has 2 aromatic carbocycles. The number of ether oxygens (including phenoxy) is 1. The van der Waals surface area contributed by atoms with E-state index in [0.717, 1.165) is 11.3 Å². The van der Waals surface area contributed by atoms with Crippen LogP contribution in [0, 0.1) is 0 Å². The molecule has 0 spiro atoms. The fourth-order valence-corrected chi connectivity index (χ4v) is 2.09. The summed E-state index contributed by atoms with van der Waals surface area (Å²) < 4.78 is 4.96. The van der Waals surface area contributed by atoms with Crippen LogP contribution in [0.3, 0.4) is 0 Å². The Labute approximate surface area is 137 Å². The number of para-hydroxylation sites is 1. The minimum atomic E-state index is -0.505. The average Bonchev–Trinajstić information content (AvgIpc) is 2.55. The van der Waals surface area contributed by atoms with Crippen LogP contribution in [0.5, 0.6) is 0 Å². The van der Waals surface area contributed by atoms with Crippen LogP contribution in [0.15, 0.2) is 59.6 Å². The van der Waals surface area contributed by atoms with E-state index in [-0.39, 0.29) is 0 Å². The Kier molecular flexibility index (Phi) is 5.92. The molecular weight excluding hydrogens is 288 g/mol. The monoisotopic (exact) mass is 310 g/mol. The van der Waals surface area contributed by atoms with Gasteiger partial charge in [-0.3, -0.25) is 5.32 Å². The maximum absolute atomic E-state index is 11.8. The van der Waals surface area contributed by atoms with Crippen LogP contribution in [-0.2, 0) is 4.74 Å². The largest absolute Gasteiger partial charge is 0.450 e. The minimum absolute atomic E-state index is 0.316. The van der Waals surface area contributed by atoms with Gasteiger partial charge in [-0.15, -0.1) is 0 Å². The van der Waals surface area contributed by atoms with Gasteiger partial charge in [-0.05, 0) is 30.5 Å². The fraction of sp³-hybridized carbons (Fsp3) is 0.263. The molecule has 2 aromatic rings. The Morgan fingerprint density at radius 2 is 1.74 bits per heavy atom. The number of amides is 1. The van der Waals surface area contributed by atoms with Crippen molar-refractivity contribution in [1.82, 2.24) is 5.32 Å². The molecule has 0 heterocycles. The van der Waals surface area contributed by atoms with E-state index in [2.05, 4.69) is 24.2 Å². The van der Waals surface area contributed by atoms with Gasteiger partial charge in [-0.25, -0.2) is 9.79 Å². The number of alkyl carbamates (subject to hydrolysis) is 1. The molecule has 1 amide bonds. The van der Waals surface area contributed by atoms with Crippen LogP contribution < -0.4 is 5.32 Å². The van der Waals surface area contributed by atoms with E-state index in [9.17, 15) is 4.79 Å². The Balaban J connectivity index is 2.32. The lowest BCUT2D eigenvalue weighted by Crippen LogP contribution is -2.31. The first kappa shape index (κ1) is 16.7. The highest BCUT2D eigenvalue weighted by molar-refractivity contribution is 6.07. The number of hydrogen-bond donors (Lipinski definition) is 1. The molecule has 0 radical (unpaired) electrons. The van der Waals surface area contributed by atoms with Gasteiger partial charge in [0.25, 0.3) is 0 Å². The van der Waals surface area contributed by atoms with E-state index in [0.29, 0.717) is 18.4 Å². The number of benzene rings is 2. The zero-order chi connectivity index (χ0) is 16.7. The highest BCUT2D eigenvalue weighted by atomic mass is 16.5. The average molecular weight is 310 g/mol. The number of amidine groups is 1. The third-order valence-electron chi connectivity index (χ3n) is 3.34. The zero-order valence-corrected chi connectivity index (χ0v) is 13.7. The third-order valence-corrected chi connectivity index (χ3v) is 3.34. The van der Waals surface area contributed by atoms with Gasteiger partial charge in [0.15, 0.2) is 0 Å². The first-order chi connectivity index (χ1) is 11.1. The van der Waals surface area contributed by atoms with Crippen molar-refractivity contribution in [2.45, 2.75) is 26.7 Å². The van der Waals surface area contributed by atoms with Gasteiger partial charge in [-0.1, -0.05) is 56.3 Å². The van der Waals surface area contributed by atoms with E-state index in [4.69, 9.17) is 4.74 Å². The van der Waals surface area contributed by atoms with Gasteiger partial charge in [0.05, 0.1) is 12.3 Å². The molecule has 0 aliphatic heterocycles. The van der Waals surface area contributed by atoms with Crippen LogP contribution in [0.1, 0.15) is 37.8 Å². The zero-order valence-electron chi connectivity index (χ0n) is 13.7. The lowest BCUT2D eigenvalue weighted by Gasteiger charge is -2.11. The molecule has 0 aliphatic carbocycles. The van der Waals surface area contributed by atoms with Crippen LogP contribution in [0.2, 0.25) is 0 Å². The van der Waals surface area contributed by atoms with Crippen molar-refractivity contribution in [3.8, 4) is 0 Å². The summed E-state index contributed by atoms with van der Waals surface area (Å²) >= 11 is 0. The van der Waals surface area contributed by atoms with Crippen molar-refractivity contribution in [1.29, 1.82) is 0 Å². The van der Waals surface area contributed by atoms with Crippen LogP contribution in [0.4, 0.5) is 10.5 Å². The fourth-order valence-electron chi connectivity index (χ4n) is 2.09. The SMILES string of the molecule is CCOC(=O)NC(=Nc1ccccc1)c1ccc(C(C)C)cc1. The Bertz CT molecular complexity index is 662. The van der Waals surface area contributed by atoms with Crippen molar-refractivity contribution in [3.05, 3.63) is 65.7 Å². The van der Waals surface area contributed by atoms with E-state index >= 15 is 0 Å². The van der Waals surface area contributed by atoms with E-state index in [1.54, 1.807) is 6.92 Å². The predicted molar refractivity (Wildman–Crippen MR) is 93.3 cm³/mol. The molecule has 0 saturated heterocycles. The molecule has 0 unspecified atom stereocenters. The standard InChI is InChI=1S/C19H22N2O2/c1-4-23-19(22)21-18(20-17-8-6-5-7-9-17)16-12-10-15(11-13-16)14(2)3/h5-14H,4H2,1-3H3,(H,20,21,22). The lowest BCUT2D eigenvalue weighted by atomic mass is 10.0. The first-order valence-electron chi connectivity index (χ1n) is 7.78. The normalized spacial score (nSPS) is 11.4. The molecule has 4 heteroatoms. The lowest BCUT2D eigenvalue weighted by molar-refractivity contribution is 0.158. The highest BCUT2D eigenvalue weighted by Gasteiger charge is 2.10. The van der Waals surface area contributed by atoms with Gasteiger partial charge >= 0.3 is 6.09 Å². The van der Waals surface area contributed by atoms with Crippen LogP contribution >= 0.6 is 0 Å². The van der Waals surface area contributed by atoms with Gasteiger partial charge in [-0.2, -0.15) is 0 Å². The number of nitrogens with zero attached hydrogens (tertiary/aromatic N) is 1. The predicted octanol–water partition coefficient (Wildman–Crippen LogP) is 4.63. The summed E-state index contributed by atoms with van der Waals surface area (Å²) in [5, 5.41) is 2.72. The number of rotatable bonds is 4. The van der Waals surface area contributed by atoms with Crippen molar-refractivity contribution in [2.24, 2.45) is 4.99 Å². The Morgan fingerprint density at radius 3 is 2.30 bits per heavy atom. The van der Waals surface area contributed by atoms with E-state index in [1.165, 1.54) is 5.56 Å². The summed E-state index contributed by atoms with van der Waals surface area (Å²) in [6, 6.07) is 17.5. The molecule has 0 aliphatic rings. The summed E-state index contributed by atoms with van der Waals surface area (Å²) in [7, 11) is 0. The minimum Gasteiger partial charge on any atom is -0.450 e. The van der Waals surface area contributed by atoms with Gasteiger partial charge < -0.3 is 4.74 Å². The Morgan fingerprint density at radius 1 is 1.09 bits per heavy atom. The summed E-state index contributed by atoms with van der Waals surface area (Å²) in [5.74, 6) is 0.932. The summed E-state index contributed by atoms with van der Waals surface area (Å²) in [6.07, 6.45) is -0.505. The molecule has 0 bridgehead atoms. The van der Waals surface area contributed by atoms with Gasteiger partial charge in [0.2, 0.25) is 0 Å². The number of nitrogens with one attached hydrogen (secondary N) is 1. The Hall–Kier alpha value is -2.62. The third kappa shape index (κ3) is 4.95. The molecule has 120 valence electrons. The summed E-state index contributed by atoms with van der Waals surface area (Å²) in [6.45, 7) is 6.37. The highest BCUT2D eigenvalue weighted by Crippen LogP contribution is 2.17. The van der Waals surface area contributed by atoms with E-state index < -0.39 is 6.09 Å². The second-order valence-corrected chi connectivity index (χ2v) is 5.42. The quantitative estimate of drug-likeness (QED) is 0.661. The smallest absolute Gasteiger partial charge is 0.412 e. The number of hydrogen-bond acceptors (Lipinski definition) is 3. The first-order valence-corrected chi connectivity index (χ1v) is 7.78. The topological polar surface area (TPSA) is 50.7 Å². The summed E-state index contributed by atoms with van der Waals surface area (Å²) in [4.78, 5) is 16.3. The number of aliphatic imine (C=N–C) groups is 1. The van der Waals surface area contributed by atoms with Crippen LogP contribution in [0.25, 0.3) is 0 Å². The molecule has 23 heavy (non-hydrogen) atoms. The molecular formula is C19H22N2O2. The van der Waals surface area contributed by atoms with Crippen molar-refractivity contribution in [2.75, 3.05) is 6.61 Å². The second kappa shape index (κ2) is 8.13.